The summed E-state index contributed by atoms with van der Waals surface area (Å²) in [6.45, 7) is 2.97. The standard InChI is InChI=1S/C29H25FN4O4/c1-3-34-26-23(28(35)33(2)25-5-4-13-31-27(25)34)15-18(17-32-26)12-14-38-21-9-6-19(7-10-21)20-8-11-24(30)22(16-20)29(36)37/h4-11,13,15-17H,3,12,14H2,1-2H3,(H,36,37). The summed E-state index contributed by atoms with van der Waals surface area (Å²) in [6.07, 6.45) is 4.00. The van der Waals surface area contributed by atoms with Crippen LogP contribution in [0.1, 0.15) is 33.2 Å². The van der Waals surface area contributed by atoms with Gasteiger partial charge in [-0.15, -0.1) is 0 Å². The van der Waals surface area contributed by atoms with E-state index in [1.165, 1.54) is 12.1 Å². The Balaban J connectivity index is 1.29. The highest BCUT2D eigenvalue weighted by molar-refractivity contribution is 6.12. The molecule has 9 heteroatoms. The minimum Gasteiger partial charge on any atom is -0.493 e. The van der Waals surface area contributed by atoms with Crippen LogP contribution in [0.4, 0.5) is 21.7 Å². The number of halogens is 1. The van der Waals surface area contributed by atoms with Crippen LogP contribution in [0.5, 0.6) is 5.75 Å². The molecule has 0 spiro atoms. The average molecular weight is 513 g/mol. The monoisotopic (exact) mass is 512 g/mol. The molecule has 2 aromatic carbocycles. The number of fused-ring (bicyclic) bond motifs is 2. The predicted octanol–water partition coefficient (Wildman–Crippen LogP) is 5.35. The average Bonchev–Trinajstić information content (AvgIpc) is 3.02. The highest BCUT2D eigenvalue weighted by Gasteiger charge is 2.30. The van der Waals surface area contributed by atoms with Gasteiger partial charge in [-0.25, -0.2) is 19.2 Å². The van der Waals surface area contributed by atoms with Crippen LogP contribution >= 0.6 is 0 Å². The second-order valence-electron chi connectivity index (χ2n) is 8.79. The summed E-state index contributed by atoms with van der Waals surface area (Å²) in [5.41, 5.74) is 3.07. The number of carboxylic acids is 1. The Hall–Kier alpha value is -4.79. The lowest BCUT2D eigenvalue weighted by molar-refractivity contribution is 0.0691. The highest BCUT2D eigenvalue weighted by atomic mass is 19.1. The molecule has 0 bridgehead atoms. The number of aromatic carboxylic acids is 1. The van der Waals surface area contributed by atoms with Crippen molar-refractivity contribution in [3.8, 4) is 16.9 Å². The number of carbonyl (C=O) groups is 2. The topological polar surface area (TPSA) is 95.9 Å². The van der Waals surface area contributed by atoms with Gasteiger partial charge in [0.25, 0.3) is 5.91 Å². The Morgan fingerprint density at radius 3 is 2.53 bits per heavy atom. The number of aromatic nitrogens is 2. The van der Waals surface area contributed by atoms with E-state index in [4.69, 9.17) is 9.84 Å². The maximum absolute atomic E-state index is 13.7. The number of ether oxygens (including phenoxy) is 1. The maximum Gasteiger partial charge on any atom is 0.338 e. The number of pyridine rings is 2. The molecule has 0 aliphatic carbocycles. The Labute approximate surface area is 219 Å². The van der Waals surface area contributed by atoms with E-state index in [9.17, 15) is 14.0 Å². The first kappa shape index (κ1) is 24.9. The van der Waals surface area contributed by atoms with Crippen LogP contribution in [-0.2, 0) is 6.42 Å². The van der Waals surface area contributed by atoms with Crippen molar-refractivity contribution in [2.24, 2.45) is 0 Å². The normalized spacial score (nSPS) is 12.6. The fraction of sp³-hybridized carbons (Fsp3) is 0.172. The third-order valence-corrected chi connectivity index (χ3v) is 6.46. The number of hydrogen-bond donors (Lipinski definition) is 1. The van der Waals surface area contributed by atoms with Gasteiger partial charge in [-0.2, -0.15) is 0 Å². The SMILES string of the molecule is CCN1c2ncc(CCOc3ccc(-c4ccc(F)c(C(=O)O)c4)cc3)cc2C(=O)N(C)c2cccnc21. The van der Waals surface area contributed by atoms with Crippen LogP contribution in [-0.4, -0.2) is 47.2 Å². The van der Waals surface area contributed by atoms with Gasteiger partial charge in [0, 0.05) is 32.4 Å². The fourth-order valence-corrected chi connectivity index (χ4v) is 4.46. The number of benzene rings is 2. The molecule has 1 aliphatic heterocycles. The molecule has 1 N–H and O–H groups in total. The van der Waals surface area contributed by atoms with Crippen LogP contribution in [0.15, 0.2) is 73.1 Å². The molecule has 0 unspecified atom stereocenters. The van der Waals surface area contributed by atoms with Crippen molar-refractivity contribution >= 4 is 29.2 Å². The van der Waals surface area contributed by atoms with Crippen molar-refractivity contribution in [1.29, 1.82) is 0 Å². The summed E-state index contributed by atoms with van der Waals surface area (Å²) >= 11 is 0. The Kier molecular flexibility index (Phi) is 6.74. The van der Waals surface area contributed by atoms with Gasteiger partial charge in [0.15, 0.2) is 5.82 Å². The summed E-state index contributed by atoms with van der Waals surface area (Å²) in [5, 5.41) is 9.16. The van der Waals surface area contributed by atoms with Crippen LogP contribution in [0, 0.1) is 5.82 Å². The molecule has 5 rings (SSSR count). The van der Waals surface area contributed by atoms with Gasteiger partial charge in [0.2, 0.25) is 0 Å². The van der Waals surface area contributed by atoms with E-state index in [2.05, 4.69) is 9.97 Å². The van der Waals surface area contributed by atoms with E-state index in [0.717, 1.165) is 22.9 Å². The second kappa shape index (κ2) is 10.3. The number of hydrogen-bond acceptors (Lipinski definition) is 6. The van der Waals surface area contributed by atoms with Gasteiger partial charge in [0.05, 0.1) is 23.4 Å². The smallest absolute Gasteiger partial charge is 0.338 e. The lowest BCUT2D eigenvalue weighted by atomic mass is 10.0. The first-order chi connectivity index (χ1) is 18.4. The molecule has 192 valence electrons. The number of carboxylic acid groups (broad SMARTS) is 1. The summed E-state index contributed by atoms with van der Waals surface area (Å²) < 4.78 is 19.6. The minimum atomic E-state index is -1.31. The summed E-state index contributed by atoms with van der Waals surface area (Å²) in [4.78, 5) is 37.2. The zero-order valence-electron chi connectivity index (χ0n) is 20.9. The Morgan fingerprint density at radius 2 is 1.79 bits per heavy atom. The second-order valence-corrected chi connectivity index (χ2v) is 8.79. The molecule has 1 aliphatic rings. The van der Waals surface area contributed by atoms with E-state index in [0.29, 0.717) is 48.1 Å². The molecule has 0 saturated carbocycles. The summed E-state index contributed by atoms with van der Waals surface area (Å²) in [7, 11) is 1.74. The molecule has 1 amide bonds. The minimum absolute atomic E-state index is 0.150. The van der Waals surface area contributed by atoms with Crippen LogP contribution in [0.3, 0.4) is 0 Å². The van der Waals surface area contributed by atoms with Gasteiger partial charge in [-0.3, -0.25) is 4.79 Å². The van der Waals surface area contributed by atoms with Crippen LogP contribution < -0.4 is 14.5 Å². The van der Waals surface area contributed by atoms with Crippen molar-refractivity contribution in [3.05, 3.63) is 95.6 Å². The van der Waals surface area contributed by atoms with E-state index in [-0.39, 0.29) is 11.5 Å². The van der Waals surface area contributed by atoms with Crippen molar-refractivity contribution in [3.63, 3.8) is 0 Å². The van der Waals surface area contributed by atoms with Crippen LogP contribution in [0.25, 0.3) is 11.1 Å². The van der Waals surface area contributed by atoms with Crippen molar-refractivity contribution in [1.82, 2.24) is 9.97 Å². The van der Waals surface area contributed by atoms with Gasteiger partial charge in [-0.1, -0.05) is 18.2 Å². The van der Waals surface area contributed by atoms with Crippen LogP contribution in [0.2, 0.25) is 0 Å². The van der Waals surface area contributed by atoms with E-state index >= 15 is 0 Å². The van der Waals surface area contributed by atoms with E-state index < -0.39 is 11.8 Å². The lowest BCUT2D eigenvalue weighted by Crippen LogP contribution is -2.25. The number of amides is 1. The summed E-state index contributed by atoms with van der Waals surface area (Å²) in [6, 6.07) is 16.7. The molecule has 4 aromatic rings. The Bertz CT molecular complexity index is 1520. The van der Waals surface area contributed by atoms with Gasteiger partial charge < -0.3 is 19.6 Å². The van der Waals surface area contributed by atoms with Crippen molar-refractivity contribution in [2.75, 3.05) is 30.0 Å². The van der Waals surface area contributed by atoms with Crippen molar-refractivity contribution in [2.45, 2.75) is 13.3 Å². The molecule has 0 atom stereocenters. The molecule has 0 radical (unpaired) electrons. The third kappa shape index (κ3) is 4.66. The highest BCUT2D eigenvalue weighted by Crippen LogP contribution is 2.37. The maximum atomic E-state index is 13.7. The number of nitrogens with zero attached hydrogens (tertiary/aromatic N) is 4. The quantitative estimate of drug-likeness (QED) is 0.357. The summed E-state index contributed by atoms with van der Waals surface area (Å²) in [5.74, 6) is -0.334. The fourth-order valence-electron chi connectivity index (χ4n) is 4.46. The molecule has 8 nitrogen and oxygen atoms in total. The molecular formula is C29H25FN4O4. The zero-order valence-corrected chi connectivity index (χ0v) is 20.9. The van der Waals surface area contributed by atoms with Gasteiger partial charge in [0.1, 0.15) is 17.4 Å². The first-order valence-electron chi connectivity index (χ1n) is 12.1. The molecular weight excluding hydrogens is 487 g/mol. The van der Waals surface area contributed by atoms with E-state index in [1.54, 1.807) is 48.6 Å². The molecule has 0 fully saturated rings. The number of rotatable bonds is 7. The molecule has 38 heavy (non-hydrogen) atoms. The number of carbonyl (C=O) groups excluding carboxylic acids is 1. The molecule has 3 heterocycles. The molecule has 0 saturated heterocycles. The first-order valence-corrected chi connectivity index (χ1v) is 12.1. The van der Waals surface area contributed by atoms with Gasteiger partial charge in [-0.05, 0) is 66.1 Å². The van der Waals surface area contributed by atoms with E-state index in [1.807, 2.05) is 30.0 Å². The Morgan fingerprint density at radius 1 is 1.03 bits per heavy atom. The van der Waals surface area contributed by atoms with Gasteiger partial charge >= 0.3 is 5.97 Å². The predicted molar refractivity (Wildman–Crippen MR) is 142 cm³/mol. The zero-order chi connectivity index (χ0) is 26.8. The molecule has 2 aromatic heterocycles. The largest absolute Gasteiger partial charge is 0.493 e. The lowest BCUT2D eigenvalue weighted by Gasteiger charge is -2.22. The third-order valence-electron chi connectivity index (χ3n) is 6.46. The van der Waals surface area contributed by atoms with Crippen molar-refractivity contribution < 1.29 is 23.8 Å². The number of anilines is 3.